The standard InChI is InChI=1S/C8H16N2O3S/c11-7-6-9-14(12,13)10-8-4-2-1-3-5-8/h7-10H,1-6H2. The summed E-state index contributed by atoms with van der Waals surface area (Å²) in [5, 5.41) is 0. The zero-order valence-corrected chi connectivity index (χ0v) is 8.85. The van der Waals surface area contributed by atoms with Crippen LogP contribution >= 0.6 is 0 Å². The monoisotopic (exact) mass is 220 g/mol. The molecule has 0 radical (unpaired) electrons. The third-order valence-corrected chi connectivity index (χ3v) is 3.47. The van der Waals surface area contributed by atoms with Gasteiger partial charge >= 0.3 is 0 Å². The highest BCUT2D eigenvalue weighted by molar-refractivity contribution is 7.87. The molecular formula is C8H16N2O3S. The molecule has 0 aromatic carbocycles. The molecule has 0 bridgehead atoms. The van der Waals surface area contributed by atoms with Crippen LogP contribution in [0.2, 0.25) is 0 Å². The van der Waals surface area contributed by atoms with Gasteiger partial charge in [0.2, 0.25) is 0 Å². The molecule has 0 amide bonds. The van der Waals surface area contributed by atoms with Gasteiger partial charge in [0.15, 0.2) is 0 Å². The van der Waals surface area contributed by atoms with Gasteiger partial charge in [-0.15, -0.1) is 0 Å². The van der Waals surface area contributed by atoms with E-state index in [1.54, 1.807) is 0 Å². The Morgan fingerprint density at radius 1 is 1.21 bits per heavy atom. The molecule has 14 heavy (non-hydrogen) atoms. The first-order valence-corrected chi connectivity index (χ1v) is 6.33. The van der Waals surface area contributed by atoms with E-state index in [1.807, 2.05) is 0 Å². The van der Waals surface area contributed by atoms with Crippen LogP contribution in [0.4, 0.5) is 0 Å². The summed E-state index contributed by atoms with van der Waals surface area (Å²) in [4.78, 5) is 9.99. The maximum Gasteiger partial charge on any atom is 0.277 e. The molecule has 5 nitrogen and oxygen atoms in total. The summed E-state index contributed by atoms with van der Waals surface area (Å²) in [5.41, 5.74) is 0. The molecule has 6 heteroatoms. The summed E-state index contributed by atoms with van der Waals surface area (Å²) in [6.07, 6.45) is 5.63. The first-order chi connectivity index (χ1) is 6.64. The van der Waals surface area contributed by atoms with Gasteiger partial charge in [-0.2, -0.15) is 17.9 Å². The van der Waals surface area contributed by atoms with Gasteiger partial charge in [0.05, 0.1) is 6.54 Å². The maximum atomic E-state index is 11.3. The van der Waals surface area contributed by atoms with Crippen molar-refractivity contribution in [3.63, 3.8) is 0 Å². The number of nitrogens with one attached hydrogen (secondary N) is 2. The third-order valence-electron chi connectivity index (χ3n) is 2.28. The first kappa shape index (κ1) is 11.6. The fraction of sp³-hybridized carbons (Fsp3) is 0.875. The summed E-state index contributed by atoms with van der Waals surface area (Å²) in [6, 6.07) is 0.0351. The van der Waals surface area contributed by atoms with Crippen molar-refractivity contribution in [3.8, 4) is 0 Å². The molecule has 0 spiro atoms. The zero-order chi connectivity index (χ0) is 10.4. The first-order valence-electron chi connectivity index (χ1n) is 4.84. The number of hydrogen-bond donors (Lipinski definition) is 2. The lowest BCUT2D eigenvalue weighted by molar-refractivity contribution is -0.106. The maximum absolute atomic E-state index is 11.3. The normalized spacial score (nSPS) is 19.4. The van der Waals surface area contributed by atoms with Crippen LogP contribution in [0.5, 0.6) is 0 Å². The smallest absolute Gasteiger partial charge is 0.277 e. The van der Waals surface area contributed by atoms with Gasteiger partial charge in [-0.05, 0) is 12.8 Å². The molecular weight excluding hydrogens is 204 g/mol. The lowest BCUT2D eigenvalue weighted by atomic mass is 9.96. The van der Waals surface area contributed by atoms with Gasteiger partial charge in [0, 0.05) is 6.04 Å². The molecule has 1 rings (SSSR count). The second-order valence-corrected chi connectivity index (χ2v) is 5.00. The summed E-state index contributed by atoms with van der Waals surface area (Å²) in [6.45, 7) is -0.165. The SMILES string of the molecule is O=CCNS(=O)(=O)NC1CCCCC1. The van der Waals surface area contributed by atoms with Crippen LogP contribution in [0, 0.1) is 0 Å². The Labute approximate surface area is 84.4 Å². The summed E-state index contributed by atoms with van der Waals surface area (Å²) in [7, 11) is -3.47. The average Bonchev–Trinajstić information content (AvgIpc) is 2.16. The van der Waals surface area contributed by atoms with Crippen molar-refractivity contribution >= 4 is 16.5 Å². The van der Waals surface area contributed by atoms with Gasteiger partial charge in [0.25, 0.3) is 10.2 Å². The van der Waals surface area contributed by atoms with E-state index >= 15 is 0 Å². The van der Waals surface area contributed by atoms with Crippen LogP contribution in [0.3, 0.4) is 0 Å². The minimum Gasteiger partial charge on any atom is -0.302 e. The van der Waals surface area contributed by atoms with Crippen molar-refractivity contribution in [2.75, 3.05) is 6.54 Å². The van der Waals surface area contributed by atoms with E-state index in [2.05, 4.69) is 9.44 Å². The minimum absolute atomic E-state index is 0.0351. The predicted octanol–water partition coefficient (Wildman–Crippen LogP) is -0.0580. The molecule has 1 aliphatic carbocycles. The topological polar surface area (TPSA) is 75.3 Å². The number of rotatable bonds is 5. The fourth-order valence-electron chi connectivity index (χ4n) is 1.63. The summed E-state index contributed by atoms with van der Waals surface area (Å²) < 4.78 is 27.2. The predicted molar refractivity (Wildman–Crippen MR) is 53.0 cm³/mol. The Morgan fingerprint density at radius 2 is 1.86 bits per heavy atom. The number of hydrogen-bond acceptors (Lipinski definition) is 3. The van der Waals surface area contributed by atoms with Crippen LogP contribution in [-0.4, -0.2) is 27.3 Å². The van der Waals surface area contributed by atoms with E-state index in [9.17, 15) is 13.2 Å². The van der Waals surface area contributed by atoms with E-state index in [-0.39, 0.29) is 12.6 Å². The molecule has 0 unspecified atom stereocenters. The molecule has 0 aliphatic heterocycles. The van der Waals surface area contributed by atoms with Gasteiger partial charge < -0.3 is 4.79 Å². The second-order valence-electron chi connectivity index (χ2n) is 3.47. The Balaban J connectivity index is 2.36. The molecule has 2 N–H and O–H groups in total. The average molecular weight is 220 g/mol. The van der Waals surface area contributed by atoms with Crippen molar-refractivity contribution in [2.45, 2.75) is 38.1 Å². The van der Waals surface area contributed by atoms with E-state index in [0.717, 1.165) is 25.7 Å². The molecule has 0 aromatic heterocycles. The number of carbonyl (C=O) groups is 1. The molecule has 1 saturated carbocycles. The molecule has 0 heterocycles. The molecule has 0 saturated heterocycles. The van der Waals surface area contributed by atoms with Crippen molar-refractivity contribution in [1.29, 1.82) is 0 Å². The van der Waals surface area contributed by atoms with Gasteiger partial charge in [-0.25, -0.2) is 0 Å². The Kier molecular flexibility index (Phi) is 4.50. The quantitative estimate of drug-likeness (QED) is 0.637. The summed E-state index contributed by atoms with van der Waals surface area (Å²) >= 11 is 0. The van der Waals surface area contributed by atoms with Crippen LogP contribution in [-0.2, 0) is 15.0 Å². The van der Waals surface area contributed by atoms with Crippen LogP contribution in [0.15, 0.2) is 0 Å². The molecule has 0 atom stereocenters. The molecule has 0 aromatic rings. The highest BCUT2D eigenvalue weighted by atomic mass is 32.2. The lowest BCUT2D eigenvalue weighted by Gasteiger charge is -2.22. The minimum atomic E-state index is -3.47. The molecule has 1 fully saturated rings. The van der Waals surface area contributed by atoms with Crippen molar-refractivity contribution in [3.05, 3.63) is 0 Å². The van der Waals surface area contributed by atoms with E-state index in [0.29, 0.717) is 6.29 Å². The van der Waals surface area contributed by atoms with Crippen LogP contribution < -0.4 is 9.44 Å². The lowest BCUT2D eigenvalue weighted by Crippen LogP contribution is -2.43. The van der Waals surface area contributed by atoms with Gasteiger partial charge in [-0.3, -0.25) is 0 Å². The number of carbonyl (C=O) groups excluding carboxylic acids is 1. The Morgan fingerprint density at radius 3 is 2.43 bits per heavy atom. The number of aldehydes is 1. The van der Waals surface area contributed by atoms with Crippen molar-refractivity contribution < 1.29 is 13.2 Å². The zero-order valence-electron chi connectivity index (χ0n) is 8.03. The van der Waals surface area contributed by atoms with Crippen molar-refractivity contribution in [2.24, 2.45) is 0 Å². The highest BCUT2D eigenvalue weighted by Gasteiger charge is 2.19. The molecule has 1 aliphatic rings. The van der Waals surface area contributed by atoms with E-state index < -0.39 is 10.2 Å². The van der Waals surface area contributed by atoms with E-state index in [4.69, 9.17) is 0 Å². The second kappa shape index (κ2) is 5.43. The Bertz CT molecular complexity index is 270. The van der Waals surface area contributed by atoms with Gasteiger partial charge in [0.1, 0.15) is 6.29 Å². The Hall–Kier alpha value is -0.460. The van der Waals surface area contributed by atoms with Gasteiger partial charge in [-0.1, -0.05) is 19.3 Å². The largest absolute Gasteiger partial charge is 0.302 e. The summed E-state index contributed by atoms with van der Waals surface area (Å²) in [5.74, 6) is 0. The van der Waals surface area contributed by atoms with Crippen LogP contribution in [0.1, 0.15) is 32.1 Å². The van der Waals surface area contributed by atoms with Crippen molar-refractivity contribution in [1.82, 2.24) is 9.44 Å². The molecule has 82 valence electrons. The van der Waals surface area contributed by atoms with E-state index in [1.165, 1.54) is 6.42 Å². The fourth-order valence-corrected chi connectivity index (χ4v) is 2.67. The third kappa shape index (κ3) is 4.17. The highest BCUT2D eigenvalue weighted by Crippen LogP contribution is 2.17. The van der Waals surface area contributed by atoms with Crippen LogP contribution in [0.25, 0.3) is 0 Å².